The summed E-state index contributed by atoms with van der Waals surface area (Å²) in [6.45, 7) is 0.0407. The van der Waals surface area contributed by atoms with Gasteiger partial charge in [0.05, 0.1) is 6.07 Å². The van der Waals surface area contributed by atoms with Gasteiger partial charge >= 0.3 is 0 Å². The number of carbonyl (C=O) groups excluding carboxylic acids is 1. The van der Waals surface area contributed by atoms with Gasteiger partial charge in [-0.3, -0.25) is 4.79 Å². The van der Waals surface area contributed by atoms with E-state index in [0.29, 0.717) is 5.56 Å². The molecule has 4 heteroatoms. The molecule has 0 heterocycles. The van der Waals surface area contributed by atoms with E-state index in [1.807, 2.05) is 18.2 Å². The van der Waals surface area contributed by atoms with Crippen LogP contribution in [0.15, 0.2) is 24.3 Å². The van der Waals surface area contributed by atoms with Crippen molar-refractivity contribution < 1.29 is 4.79 Å². The van der Waals surface area contributed by atoms with Crippen molar-refractivity contribution in [1.29, 1.82) is 5.26 Å². The molecule has 72 valence electrons. The smallest absolute Gasteiger partial charge is 0.252 e. The highest BCUT2D eigenvalue weighted by Gasteiger charge is 2.03. The van der Waals surface area contributed by atoms with E-state index in [-0.39, 0.29) is 12.5 Å². The molecule has 1 N–H and O–H groups in total. The third-order valence-corrected chi connectivity index (χ3v) is 2.35. The van der Waals surface area contributed by atoms with Crippen molar-refractivity contribution in [3.05, 3.63) is 35.4 Å². The van der Waals surface area contributed by atoms with Crippen LogP contribution in [0.2, 0.25) is 0 Å². The predicted octanol–water partition coefficient (Wildman–Crippen LogP) is 1.83. The number of alkyl halides is 1. The Morgan fingerprint density at radius 3 is 2.57 bits per heavy atom. The van der Waals surface area contributed by atoms with Crippen LogP contribution in [0.5, 0.6) is 0 Å². The Morgan fingerprint density at radius 1 is 1.43 bits per heavy atom. The summed E-state index contributed by atoms with van der Waals surface area (Å²) in [5.74, 6) is -0.215. The van der Waals surface area contributed by atoms with Crippen LogP contribution in [0.1, 0.15) is 15.9 Å². The molecule has 0 unspecified atom stereocenters. The number of halogens is 1. The molecule has 0 aliphatic carbocycles. The molecule has 0 saturated heterocycles. The normalized spacial score (nSPS) is 9.14. The first-order chi connectivity index (χ1) is 6.77. The molecule has 1 rings (SSSR count). The van der Waals surface area contributed by atoms with E-state index in [9.17, 15) is 4.79 Å². The molecule has 0 aliphatic heterocycles. The average Bonchev–Trinajstić information content (AvgIpc) is 2.26. The summed E-state index contributed by atoms with van der Waals surface area (Å²) >= 11 is 3.32. The van der Waals surface area contributed by atoms with Crippen LogP contribution in [0.3, 0.4) is 0 Å². The zero-order valence-corrected chi connectivity index (χ0v) is 9.04. The van der Waals surface area contributed by atoms with Crippen LogP contribution in [-0.4, -0.2) is 12.5 Å². The van der Waals surface area contributed by atoms with Gasteiger partial charge < -0.3 is 5.32 Å². The fraction of sp³-hybridized carbons (Fsp3) is 0.200. The molecular formula is C10H9BrN2O. The predicted molar refractivity (Wildman–Crippen MR) is 57.0 cm³/mol. The second kappa shape index (κ2) is 5.40. The highest BCUT2D eigenvalue weighted by atomic mass is 79.9. The summed E-state index contributed by atoms with van der Waals surface area (Å²) in [4.78, 5) is 11.3. The number of hydrogen-bond acceptors (Lipinski definition) is 2. The molecule has 0 saturated carbocycles. The summed E-state index contributed by atoms with van der Waals surface area (Å²) in [5, 5.41) is 11.5. The van der Waals surface area contributed by atoms with Gasteiger partial charge in [0.25, 0.3) is 5.91 Å². The van der Waals surface area contributed by atoms with Gasteiger partial charge in [-0.25, -0.2) is 0 Å². The molecule has 0 bridgehead atoms. The maximum atomic E-state index is 11.3. The number of amides is 1. The zero-order chi connectivity index (χ0) is 10.4. The number of benzene rings is 1. The molecule has 0 atom stereocenters. The first-order valence-corrected chi connectivity index (χ1v) is 5.20. The van der Waals surface area contributed by atoms with Gasteiger partial charge in [0.2, 0.25) is 0 Å². The van der Waals surface area contributed by atoms with Crippen molar-refractivity contribution in [2.75, 3.05) is 6.54 Å². The van der Waals surface area contributed by atoms with Crippen molar-refractivity contribution in [1.82, 2.24) is 5.32 Å². The highest BCUT2D eigenvalue weighted by molar-refractivity contribution is 9.08. The molecule has 1 amide bonds. The molecule has 1 aromatic rings. The summed E-state index contributed by atoms with van der Waals surface area (Å²) in [6, 6.07) is 9.07. The van der Waals surface area contributed by atoms with Crippen LogP contribution >= 0.6 is 15.9 Å². The van der Waals surface area contributed by atoms with Crippen LogP contribution in [0, 0.1) is 11.3 Å². The van der Waals surface area contributed by atoms with Gasteiger partial charge in [0.15, 0.2) is 0 Å². The molecule has 0 spiro atoms. The van der Waals surface area contributed by atoms with E-state index in [1.165, 1.54) is 0 Å². The number of rotatable bonds is 3. The lowest BCUT2D eigenvalue weighted by molar-refractivity contribution is 0.0958. The molecular weight excluding hydrogens is 244 g/mol. The molecule has 1 aromatic carbocycles. The number of hydrogen-bond donors (Lipinski definition) is 1. The van der Waals surface area contributed by atoms with Crippen molar-refractivity contribution in [2.45, 2.75) is 5.33 Å². The van der Waals surface area contributed by atoms with Gasteiger partial charge in [-0.15, -0.1) is 0 Å². The van der Waals surface area contributed by atoms with Crippen LogP contribution in [0.25, 0.3) is 0 Å². The second-order valence-electron chi connectivity index (χ2n) is 2.67. The minimum absolute atomic E-state index is 0.0407. The lowest BCUT2D eigenvalue weighted by Crippen LogP contribution is -2.23. The first-order valence-electron chi connectivity index (χ1n) is 4.08. The van der Waals surface area contributed by atoms with Crippen LogP contribution in [0.4, 0.5) is 0 Å². The third-order valence-electron chi connectivity index (χ3n) is 1.70. The summed E-state index contributed by atoms with van der Waals surface area (Å²) in [5.41, 5.74) is 1.69. The zero-order valence-electron chi connectivity index (χ0n) is 7.46. The molecule has 0 aromatic heterocycles. The lowest BCUT2D eigenvalue weighted by atomic mass is 10.1. The fourth-order valence-corrected chi connectivity index (χ4v) is 1.34. The summed E-state index contributed by atoms with van der Waals surface area (Å²) < 4.78 is 0. The van der Waals surface area contributed by atoms with E-state index in [0.717, 1.165) is 10.9 Å². The van der Waals surface area contributed by atoms with Crippen molar-refractivity contribution in [3.8, 4) is 6.07 Å². The van der Waals surface area contributed by atoms with Crippen molar-refractivity contribution in [2.24, 2.45) is 0 Å². The largest absolute Gasteiger partial charge is 0.339 e. The average molecular weight is 253 g/mol. The molecule has 0 fully saturated rings. The van der Waals surface area contributed by atoms with Gasteiger partial charge in [0, 0.05) is 10.9 Å². The quantitative estimate of drug-likeness (QED) is 0.660. The highest BCUT2D eigenvalue weighted by Crippen LogP contribution is 2.07. The maximum absolute atomic E-state index is 11.3. The SMILES string of the molecule is N#CCNC(=O)c1ccc(CBr)cc1. The lowest BCUT2D eigenvalue weighted by Gasteiger charge is -2.01. The van der Waals surface area contributed by atoms with E-state index >= 15 is 0 Å². The topological polar surface area (TPSA) is 52.9 Å². The Morgan fingerprint density at radius 2 is 2.07 bits per heavy atom. The Bertz CT molecular complexity index is 353. The molecule has 0 aliphatic rings. The number of carbonyl (C=O) groups is 1. The van der Waals surface area contributed by atoms with Crippen molar-refractivity contribution in [3.63, 3.8) is 0 Å². The van der Waals surface area contributed by atoms with E-state index < -0.39 is 0 Å². The van der Waals surface area contributed by atoms with Crippen LogP contribution in [-0.2, 0) is 5.33 Å². The number of nitriles is 1. The van der Waals surface area contributed by atoms with Gasteiger partial charge in [-0.05, 0) is 17.7 Å². The maximum Gasteiger partial charge on any atom is 0.252 e. The Hall–Kier alpha value is -1.34. The van der Waals surface area contributed by atoms with E-state index in [2.05, 4.69) is 21.2 Å². The minimum Gasteiger partial charge on any atom is -0.339 e. The monoisotopic (exact) mass is 252 g/mol. The molecule has 0 radical (unpaired) electrons. The molecule has 3 nitrogen and oxygen atoms in total. The Labute approximate surface area is 90.9 Å². The van der Waals surface area contributed by atoms with E-state index in [4.69, 9.17) is 5.26 Å². The summed E-state index contributed by atoms with van der Waals surface area (Å²) in [6.07, 6.45) is 0. The minimum atomic E-state index is -0.215. The fourth-order valence-electron chi connectivity index (χ4n) is 0.967. The summed E-state index contributed by atoms with van der Waals surface area (Å²) in [7, 11) is 0. The third kappa shape index (κ3) is 2.86. The van der Waals surface area contributed by atoms with Gasteiger partial charge in [-0.2, -0.15) is 5.26 Å². The number of nitrogens with zero attached hydrogens (tertiary/aromatic N) is 1. The first kappa shape index (κ1) is 10.7. The van der Waals surface area contributed by atoms with Crippen LogP contribution < -0.4 is 5.32 Å². The van der Waals surface area contributed by atoms with E-state index in [1.54, 1.807) is 12.1 Å². The Kier molecular flexibility index (Phi) is 4.14. The van der Waals surface area contributed by atoms with Gasteiger partial charge in [0.1, 0.15) is 6.54 Å². The van der Waals surface area contributed by atoms with Crippen molar-refractivity contribution >= 4 is 21.8 Å². The molecule has 14 heavy (non-hydrogen) atoms. The standard InChI is InChI=1S/C10H9BrN2O/c11-7-8-1-3-9(4-2-8)10(14)13-6-5-12/h1-4H,6-7H2,(H,13,14). The number of nitrogens with one attached hydrogen (secondary N) is 1. The van der Waals surface area contributed by atoms with Gasteiger partial charge in [-0.1, -0.05) is 28.1 Å². The Balaban J connectivity index is 2.67. The second-order valence-corrected chi connectivity index (χ2v) is 3.23.